The monoisotopic (exact) mass is 461 g/mol. The van der Waals surface area contributed by atoms with Crippen molar-refractivity contribution in [2.45, 2.75) is 62.6 Å². The van der Waals surface area contributed by atoms with Crippen LogP contribution in [0.4, 0.5) is 4.79 Å². The molecular weight excluding hydrogens is 422 g/mol. The van der Waals surface area contributed by atoms with E-state index in [0.717, 1.165) is 50.1 Å². The zero-order valence-corrected chi connectivity index (χ0v) is 21.0. The quantitative estimate of drug-likeness (QED) is 0.546. The first-order valence-corrected chi connectivity index (χ1v) is 12.9. The maximum atomic E-state index is 13.8. The van der Waals surface area contributed by atoms with Gasteiger partial charge >= 0.3 is 6.03 Å². The first kappa shape index (κ1) is 23.2. The van der Waals surface area contributed by atoms with Crippen molar-refractivity contribution in [1.82, 2.24) is 14.7 Å². The Balaban J connectivity index is 1.38. The molecule has 1 saturated heterocycles. The summed E-state index contributed by atoms with van der Waals surface area (Å²) in [7, 11) is 6.12. The highest BCUT2D eigenvalue weighted by Crippen LogP contribution is 2.49. The third-order valence-corrected chi connectivity index (χ3v) is 8.93. The fourth-order valence-corrected chi connectivity index (χ4v) is 6.46. The zero-order valence-electron chi connectivity index (χ0n) is 21.0. The van der Waals surface area contributed by atoms with E-state index in [-0.39, 0.29) is 17.1 Å². The van der Waals surface area contributed by atoms with Gasteiger partial charge in [0.1, 0.15) is 5.75 Å². The lowest BCUT2D eigenvalue weighted by atomic mass is 9.68. The van der Waals surface area contributed by atoms with Crippen molar-refractivity contribution in [1.29, 1.82) is 0 Å². The standard InChI is InChI=1S/C29H39N3O2/c1-30(2)29(25-10-5-4-6-11-25)18-16-28(17-19-29)22-31(20-24-12-14-26(34-3)15-13-24)27(33)32(28)21-23-8-7-9-23/h4-6,10-15,23H,7-9,16-22H2,1-3H3/t28-,29-. The van der Waals surface area contributed by atoms with Crippen molar-refractivity contribution in [3.05, 3.63) is 65.7 Å². The number of ether oxygens (including phenoxy) is 1. The molecule has 5 rings (SSSR count). The average Bonchev–Trinajstić information content (AvgIpc) is 3.08. The molecule has 34 heavy (non-hydrogen) atoms. The van der Waals surface area contributed by atoms with Gasteiger partial charge in [-0.25, -0.2) is 4.79 Å². The van der Waals surface area contributed by atoms with Crippen LogP contribution in [0, 0.1) is 5.92 Å². The first-order chi connectivity index (χ1) is 16.5. The first-order valence-electron chi connectivity index (χ1n) is 12.9. The van der Waals surface area contributed by atoms with Crippen LogP contribution in [0.15, 0.2) is 54.6 Å². The largest absolute Gasteiger partial charge is 0.497 e. The number of nitrogens with zero attached hydrogens (tertiary/aromatic N) is 3. The van der Waals surface area contributed by atoms with Crippen LogP contribution in [-0.2, 0) is 12.1 Å². The molecule has 1 heterocycles. The van der Waals surface area contributed by atoms with E-state index < -0.39 is 0 Å². The van der Waals surface area contributed by atoms with Crippen molar-refractivity contribution in [2.75, 3.05) is 34.3 Å². The summed E-state index contributed by atoms with van der Waals surface area (Å²) in [5.41, 5.74) is 2.56. The fraction of sp³-hybridized carbons (Fsp3) is 0.552. The molecule has 0 N–H and O–H groups in total. The third kappa shape index (κ3) is 4.08. The average molecular weight is 462 g/mol. The van der Waals surface area contributed by atoms with Gasteiger partial charge in [0.15, 0.2) is 0 Å². The zero-order chi connectivity index (χ0) is 23.8. The molecule has 2 aromatic rings. The Morgan fingerprint density at radius 2 is 1.65 bits per heavy atom. The number of amides is 2. The smallest absolute Gasteiger partial charge is 0.320 e. The normalized spacial score (nSPS) is 27.5. The Hall–Kier alpha value is -2.53. The SMILES string of the molecule is COc1ccc(CN2C[C@]3(CC[C@@](c4ccccc4)(N(C)C)CC3)N(CC3CCC3)C2=O)cc1. The summed E-state index contributed by atoms with van der Waals surface area (Å²) in [6, 6.07) is 19.4. The Morgan fingerprint density at radius 1 is 0.971 bits per heavy atom. The fourth-order valence-electron chi connectivity index (χ4n) is 6.46. The maximum absolute atomic E-state index is 13.8. The molecule has 2 aromatic carbocycles. The van der Waals surface area contributed by atoms with Crippen LogP contribution >= 0.6 is 0 Å². The van der Waals surface area contributed by atoms with E-state index in [4.69, 9.17) is 4.74 Å². The van der Waals surface area contributed by atoms with Crippen molar-refractivity contribution >= 4 is 6.03 Å². The van der Waals surface area contributed by atoms with Gasteiger partial charge < -0.3 is 14.5 Å². The van der Waals surface area contributed by atoms with Gasteiger partial charge in [-0.05, 0) is 81.8 Å². The lowest BCUT2D eigenvalue weighted by Gasteiger charge is -2.51. The topological polar surface area (TPSA) is 36.0 Å². The number of hydrogen-bond acceptors (Lipinski definition) is 3. The van der Waals surface area contributed by atoms with Crippen molar-refractivity contribution in [2.24, 2.45) is 5.92 Å². The lowest BCUT2D eigenvalue weighted by molar-refractivity contribution is 0.0159. The highest BCUT2D eigenvalue weighted by atomic mass is 16.5. The van der Waals surface area contributed by atoms with Gasteiger partial charge in [-0.3, -0.25) is 4.90 Å². The summed E-state index contributed by atoms with van der Waals surface area (Å²) in [4.78, 5) is 20.6. The van der Waals surface area contributed by atoms with Crippen LogP contribution in [0.5, 0.6) is 5.75 Å². The number of rotatable bonds is 7. The lowest BCUT2D eigenvalue weighted by Crippen LogP contribution is -2.56. The molecule has 2 amide bonds. The summed E-state index contributed by atoms with van der Waals surface area (Å²) in [5.74, 6) is 1.53. The van der Waals surface area contributed by atoms with Crippen LogP contribution < -0.4 is 4.74 Å². The van der Waals surface area contributed by atoms with Crippen molar-refractivity contribution in [3.8, 4) is 5.75 Å². The van der Waals surface area contributed by atoms with Gasteiger partial charge in [-0.15, -0.1) is 0 Å². The van der Waals surface area contributed by atoms with Crippen LogP contribution in [-0.4, -0.2) is 60.6 Å². The summed E-state index contributed by atoms with van der Waals surface area (Å²) < 4.78 is 5.31. The second-order valence-corrected chi connectivity index (χ2v) is 10.9. The number of carbonyl (C=O) groups excluding carboxylic acids is 1. The van der Waals surface area contributed by atoms with Gasteiger partial charge in [0.25, 0.3) is 0 Å². The van der Waals surface area contributed by atoms with E-state index in [1.165, 1.54) is 24.8 Å². The Morgan fingerprint density at radius 3 is 2.21 bits per heavy atom. The number of benzene rings is 2. The van der Waals surface area contributed by atoms with Crippen LogP contribution in [0.1, 0.15) is 56.1 Å². The number of carbonyl (C=O) groups is 1. The van der Waals surface area contributed by atoms with Gasteiger partial charge in [0.2, 0.25) is 0 Å². The molecule has 3 fully saturated rings. The van der Waals surface area contributed by atoms with Crippen molar-refractivity contribution in [3.63, 3.8) is 0 Å². The van der Waals surface area contributed by atoms with Crippen molar-refractivity contribution < 1.29 is 9.53 Å². The van der Waals surface area contributed by atoms with Crippen LogP contribution in [0.3, 0.4) is 0 Å². The number of urea groups is 1. The van der Waals surface area contributed by atoms with E-state index in [2.05, 4.69) is 71.3 Å². The molecular formula is C29H39N3O2. The molecule has 5 heteroatoms. The van der Waals surface area contributed by atoms with E-state index in [0.29, 0.717) is 12.5 Å². The molecule has 182 valence electrons. The molecule has 2 aliphatic carbocycles. The summed E-state index contributed by atoms with van der Waals surface area (Å²) >= 11 is 0. The molecule has 0 bridgehead atoms. The number of methoxy groups -OCH3 is 1. The van der Waals surface area contributed by atoms with Gasteiger partial charge in [0, 0.05) is 25.2 Å². The molecule has 1 spiro atoms. The van der Waals surface area contributed by atoms with Crippen LogP contribution in [0.25, 0.3) is 0 Å². The minimum atomic E-state index is -0.0482. The maximum Gasteiger partial charge on any atom is 0.320 e. The molecule has 0 radical (unpaired) electrons. The summed E-state index contributed by atoms with van der Waals surface area (Å²) in [6.45, 7) is 2.43. The molecule has 5 nitrogen and oxygen atoms in total. The van der Waals surface area contributed by atoms with Gasteiger partial charge in [-0.1, -0.05) is 48.9 Å². The second-order valence-electron chi connectivity index (χ2n) is 10.9. The molecule has 0 aromatic heterocycles. The molecule has 0 unspecified atom stereocenters. The van der Waals surface area contributed by atoms with Gasteiger partial charge in [-0.2, -0.15) is 0 Å². The highest BCUT2D eigenvalue weighted by molar-refractivity contribution is 5.78. The van der Waals surface area contributed by atoms with E-state index in [1.54, 1.807) is 7.11 Å². The Kier molecular flexibility index (Phi) is 6.32. The molecule has 0 atom stereocenters. The molecule has 3 aliphatic rings. The Labute approximate surface area is 204 Å². The summed E-state index contributed by atoms with van der Waals surface area (Å²) in [5, 5.41) is 0. The van der Waals surface area contributed by atoms with Gasteiger partial charge in [0.05, 0.1) is 12.6 Å². The predicted octanol–water partition coefficient (Wildman–Crippen LogP) is 5.50. The third-order valence-electron chi connectivity index (χ3n) is 8.93. The van der Waals surface area contributed by atoms with E-state index >= 15 is 0 Å². The summed E-state index contributed by atoms with van der Waals surface area (Å²) in [6.07, 6.45) is 8.11. The molecule has 1 aliphatic heterocycles. The predicted molar refractivity (Wildman–Crippen MR) is 136 cm³/mol. The Bertz CT molecular complexity index is 976. The molecule has 2 saturated carbocycles. The number of hydrogen-bond donors (Lipinski definition) is 0. The minimum absolute atomic E-state index is 0.0428. The van der Waals surface area contributed by atoms with E-state index in [1.807, 2.05) is 12.1 Å². The minimum Gasteiger partial charge on any atom is -0.497 e. The van der Waals surface area contributed by atoms with E-state index in [9.17, 15) is 4.79 Å². The second kappa shape index (κ2) is 9.26. The highest BCUT2D eigenvalue weighted by Gasteiger charge is 2.54. The van der Waals surface area contributed by atoms with Crippen LogP contribution in [0.2, 0.25) is 0 Å².